The lowest BCUT2D eigenvalue weighted by molar-refractivity contribution is -0.384. The summed E-state index contributed by atoms with van der Waals surface area (Å²) in [6.45, 7) is 4.50. The summed E-state index contributed by atoms with van der Waals surface area (Å²) in [5.41, 5.74) is 6.72. The van der Waals surface area contributed by atoms with Crippen LogP contribution in [0.4, 0.5) is 5.69 Å². The van der Waals surface area contributed by atoms with Crippen molar-refractivity contribution in [3.05, 3.63) is 39.9 Å². The highest BCUT2D eigenvalue weighted by atomic mass is 16.6. The van der Waals surface area contributed by atoms with E-state index in [0.717, 1.165) is 5.56 Å². The first-order valence-electron chi connectivity index (χ1n) is 5.23. The largest absolute Gasteiger partial charge is 0.327 e. The minimum atomic E-state index is -0.390. The van der Waals surface area contributed by atoms with Crippen molar-refractivity contribution in [2.45, 2.75) is 32.5 Å². The molecule has 0 aliphatic heterocycles. The van der Waals surface area contributed by atoms with E-state index in [2.05, 4.69) is 5.32 Å². The summed E-state index contributed by atoms with van der Waals surface area (Å²) in [4.78, 5) is 10.2. The molecule has 2 atom stereocenters. The van der Waals surface area contributed by atoms with Crippen LogP contribution >= 0.6 is 0 Å². The van der Waals surface area contributed by atoms with E-state index in [4.69, 9.17) is 5.73 Å². The standard InChI is InChI=1S/C11H17N3O2/c1-8(12)9(2)13-7-10-4-3-5-11(6-10)14(15)16/h3-6,8-9,13H,7,12H2,1-2H3. The SMILES string of the molecule is CC(N)C(C)NCc1cccc([N+](=O)[O-])c1. The predicted octanol–water partition coefficient (Wildman–Crippen LogP) is 1.42. The fourth-order valence-corrected chi connectivity index (χ4v) is 1.24. The van der Waals surface area contributed by atoms with Gasteiger partial charge in [0.15, 0.2) is 0 Å². The van der Waals surface area contributed by atoms with E-state index in [1.165, 1.54) is 6.07 Å². The first-order valence-corrected chi connectivity index (χ1v) is 5.23. The molecule has 88 valence electrons. The third-order valence-electron chi connectivity index (χ3n) is 2.54. The van der Waals surface area contributed by atoms with Crippen LogP contribution in [0.15, 0.2) is 24.3 Å². The molecule has 0 spiro atoms. The number of benzene rings is 1. The number of hydrogen-bond acceptors (Lipinski definition) is 4. The fraction of sp³-hybridized carbons (Fsp3) is 0.455. The van der Waals surface area contributed by atoms with Gasteiger partial charge in [0.2, 0.25) is 0 Å². The highest BCUT2D eigenvalue weighted by molar-refractivity contribution is 5.34. The molecule has 0 heterocycles. The van der Waals surface area contributed by atoms with Gasteiger partial charge >= 0.3 is 0 Å². The zero-order chi connectivity index (χ0) is 12.1. The molecule has 0 saturated heterocycles. The van der Waals surface area contributed by atoms with Crippen LogP contribution in [-0.4, -0.2) is 17.0 Å². The smallest absolute Gasteiger partial charge is 0.269 e. The summed E-state index contributed by atoms with van der Waals surface area (Å²) in [6, 6.07) is 6.83. The van der Waals surface area contributed by atoms with Gasteiger partial charge in [-0.15, -0.1) is 0 Å². The zero-order valence-electron chi connectivity index (χ0n) is 9.51. The molecule has 0 amide bonds. The lowest BCUT2D eigenvalue weighted by Gasteiger charge is -2.17. The quantitative estimate of drug-likeness (QED) is 0.584. The third-order valence-corrected chi connectivity index (χ3v) is 2.54. The molecule has 3 N–H and O–H groups in total. The predicted molar refractivity (Wildman–Crippen MR) is 63.0 cm³/mol. The van der Waals surface area contributed by atoms with Gasteiger partial charge in [-0.2, -0.15) is 0 Å². The second-order valence-corrected chi connectivity index (χ2v) is 3.96. The molecule has 5 nitrogen and oxygen atoms in total. The van der Waals surface area contributed by atoms with Crippen molar-refractivity contribution in [1.82, 2.24) is 5.32 Å². The minimum absolute atomic E-state index is 0.0544. The molecule has 1 aromatic rings. The van der Waals surface area contributed by atoms with Crippen molar-refractivity contribution < 1.29 is 4.92 Å². The van der Waals surface area contributed by atoms with E-state index in [1.54, 1.807) is 12.1 Å². The minimum Gasteiger partial charge on any atom is -0.327 e. The number of non-ortho nitro benzene ring substituents is 1. The molecule has 0 fully saturated rings. The second-order valence-electron chi connectivity index (χ2n) is 3.96. The van der Waals surface area contributed by atoms with Gasteiger partial charge in [-0.05, 0) is 19.4 Å². The highest BCUT2D eigenvalue weighted by Crippen LogP contribution is 2.12. The van der Waals surface area contributed by atoms with Crippen LogP contribution in [0.5, 0.6) is 0 Å². The van der Waals surface area contributed by atoms with Gasteiger partial charge in [-0.1, -0.05) is 12.1 Å². The Labute approximate surface area is 94.8 Å². The number of nitrogens with two attached hydrogens (primary N) is 1. The van der Waals surface area contributed by atoms with E-state index in [9.17, 15) is 10.1 Å². The lowest BCUT2D eigenvalue weighted by Crippen LogP contribution is -2.40. The summed E-state index contributed by atoms with van der Waals surface area (Å²) in [5, 5.41) is 13.8. The molecule has 0 aliphatic rings. The maximum absolute atomic E-state index is 10.6. The van der Waals surface area contributed by atoms with E-state index in [-0.39, 0.29) is 17.8 Å². The van der Waals surface area contributed by atoms with E-state index in [1.807, 2.05) is 19.9 Å². The molecule has 0 radical (unpaired) electrons. The van der Waals surface area contributed by atoms with Gasteiger partial charge in [0.25, 0.3) is 5.69 Å². The Morgan fingerprint density at radius 3 is 2.75 bits per heavy atom. The normalized spacial score (nSPS) is 14.4. The third kappa shape index (κ3) is 3.60. The van der Waals surface area contributed by atoms with Crippen LogP contribution in [0.1, 0.15) is 19.4 Å². The van der Waals surface area contributed by atoms with E-state index < -0.39 is 4.92 Å². The van der Waals surface area contributed by atoms with Gasteiger partial charge in [0.05, 0.1) is 4.92 Å². The molecule has 0 bridgehead atoms. The van der Waals surface area contributed by atoms with Gasteiger partial charge < -0.3 is 11.1 Å². The topological polar surface area (TPSA) is 81.2 Å². The molecule has 0 aromatic heterocycles. The number of nitro groups is 1. The Morgan fingerprint density at radius 1 is 1.50 bits per heavy atom. The summed E-state index contributed by atoms with van der Waals surface area (Å²) in [6.07, 6.45) is 0. The van der Waals surface area contributed by atoms with Crippen LogP contribution in [-0.2, 0) is 6.54 Å². The Morgan fingerprint density at radius 2 is 2.19 bits per heavy atom. The molecule has 5 heteroatoms. The van der Waals surface area contributed by atoms with Crippen LogP contribution in [0, 0.1) is 10.1 Å². The van der Waals surface area contributed by atoms with Gasteiger partial charge in [0.1, 0.15) is 0 Å². The molecule has 16 heavy (non-hydrogen) atoms. The van der Waals surface area contributed by atoms with Crippen molar-refractivity contribution in [2.75, 3.05) is 0 Å². The first-order chi connectivity index (χ1) is 7.50. The molecule has 0 saturated carbocycles. The van der Waals surface area contributed by atoms with Crippen LogP contribution in [0.2, 0.25) is 0 Å². The van der Waals surface area contributed by atoms with Crippen LogP contribution < -0.4 is 11.1 Å². The average molecular weight is 223 g/mol. The van der Waals surface area contributed by atoms with E-state index in [0.29, 0.717) is 6.54 Å². The maximum atomic E-state index is 10.6. The molecule has 0 aliphatic carbocycles. The summed E-state index contributed by atoms with van der Waals surface area (Å²) in [5.74, 6) is 0. The summed E-state index contributed by atoms with van der Waals surface area (Å²) in [7, 11) is 0. The zero-order valence-corrected chi connectivity index (χ0v) is 9.51. The van der Waals surface area contributed by atoms with Crippen LogP contribution in [0.25, 0.3) is 0 Å². The average Bonchev–Trinajstić information content (AvgIpc) is 2.26. The number of rotatable bonds is 5. The van der Waals surface area contributed by atoms with Gasteiger partial charge in [-0.3, -0.25) is 10.1 Å². The second kappa shape index (κ2) is 5.58. The first kappa shape index (κ1) is 12.6. The van der Waals surface area contributed by atoms with Gasteiger partial charge in [0, 0.05) is 30.8 Å². The molecular weight excluding hydrogens is 206 g/mol. The Balaban J connectivity index is 2.61. The molecule has 1 rings (SSSR count). The summed E-state index contributed by atoms with van der Waals surface area (Å²) < 4.78 is 0. The lowest BCUT2D eigenvalue weighted by atomic mass is 10.1. The Kier molecular flexibility index (Phi) is 4.39. The van der Waals surface area contributed by atoms with Crippen molar-refractivity contribution in [3.8, 4) is 0 Å². The number of nitrogens with one attached hydrogen (secondary N) is 1. The van der Waals surface area contributed by atoms with Crippen molar-refractivity contribution in [3.63, 3.8) is 0 Å². The Bertz CT molecular complexity index is 366. The van der Waals surface area contributed by atoms with Crippen molar-refractivity contribution in [2.24, 2.45) is 5.73 Å². The van der Waals surface area contributed by atoms with Crippen molar-refractivity contribution >= 4 is 5.69 Å². The van der Waals surface area contributed by atoms with E-state index >= 15 is 0 Å². The monoisotopic (exact) mass is 223 g/mol. The Hall–Kier alpha value is -1.46. The molecule has 2 unspecified atom stereocenters. The maximum Gasteiger partial charge on any atom is 0.269 e. The highest BCUT2D eigenvalue weighted by Gasteiger charge is 2.08. The number of hydrogen-bond donors (Lipinski definition) is 2. The van der Waals surface area contributed by atoms with Crippen LogP contribution in [0.3, 0.4) is 0 Å². The number of nitrogens with zero attached hydrogens (tertiary/aromatic N) is 1. The van der Waals surface area contributed by atoms with Gasteiger partial charge in [-0.25, -0.2) is 0 Å². The number of nitro benzene ring substituents is 1. The fourth-order valence-electron chi connectivity index (χ4n) is 1.24. The van der Waals surface area contributed by atoms with Crippen molar-refractivity contribution in [1.29, 1.82) is 0 Å². The molecular formula is C11H17N3O2. The molecule has 1 aromatic carbocycles. The summed E-state index contributed by atoms with van der Waals surface area (Å²) >= 11 is 0.